The number of ether oxygens (including phenoxy) is 1. The van der Waals surface area contributed by atoms with E-state index in [1.165, 1.54) is 6.92 Å². The molecule has 1 aromatic carbocycles. The van der Waals surface area contributed by atoms with Crippen molar-refractivity contribution in [3.63, 3.8) is 0 Å². The second-order valence-electron chi connectivity index (χ2n) is 4.34. The van der Waals surface area contributed by atoms with Crippen LogP contribution in [0.4, 0.5) is 0 Å². The molecule has 0 saturated heterocycles. The second-order valence-corrected chi connectivity index (χ2v) is 4.75. The molecule has 1 heterocycles. The van der Waals surface area contributed by atoms with E-state index in [-0.39, 0.29) is 12.4 Å². The van der Waals surface area contributed by atoms with Crippen LogP contribution in [-0.4, -0.2) is 17.4 Å². The number of carbonyl (C=O) groups is 1. The van der Waals surface area contributed by atoms with Crippen molar-refractivity contribution < 1.29 is 9.53 Å². The minimum absolute atomic E-state index is 0.0255. The Hall–Kier alpha value is -1.61. The maximum Gasteiger partial charge on any atom is 0.167 e. The molecule has 2 aromatic rings. The van der Waals surface area contributed by atoms with Crippen LogP contribution < -0.4 is 4.74 Å². The Bertz CT molecular complexity index is 623. The van der Waals surface area contributed by atoms with Crippen molar-refractivity contribution in [1.82, 2.24) is 4.98 Å². The minimum Gasteiger partial charge on any atom is -0.484 e. The standard InChI is InChI=1S/C14H14ClNO2/c1-8-6-9(2)16-14-12(18-7-10(3)17)5-4-11(15)13(8)14/h4-6H,7H2,1-3H3. The van der Waals surface area contributed by atoms with Gasteiger partial charge in [-0.1, -0.05) is 11.6 Å². The van der Waals surface area contributed by atoms with Crippen LogP contribution in [-0.2, 0) is 4.79 Å². The summed E-state index contributed by atoms with van der Waals surface area (Å²) in [5, 5.41) is 1.52. The number of aromatic nitrogens is 1. The van der Waals surface area contributed by atoms with Crippen LogP contribution in [0.25, 0.3) is 10.9 Å². The van der Waals surface area contributed by atoms with E-state index >= 15 is 0 Å². The number of Topliss-reactive ketones (excluding diaryl/α,β-unsaturated/α-hetero) is 1. The number of pyridine rings is 1. The van der Waals surface area contributed by atoms with E-state index < -0.39 is 0 Å². The molecule has 0 spiro atoms. The number of aryl methyl sites for hydroxylation is 2. The maximum atomic E-state index is 11.0. The molecule has 94 valence electrons. The average molecular weight is 264 g/mol. The third-order valence-electron chi connectivity index (χ3n) is 2.63. The fourth-order valence-electron chi connectivity index (χ4n) is 1.92. The van der Waals surface area contributed by atoms with Gasteiger partial charge in [-0.05, 0) is 44.5 Å². The maximum absolute atomic E-state index is 11.0. The molecule has 0 atom stereocenters. The summed E-state index contributed by atoms with van der Waals surface area (Å²) in [6.07, 6.45) is 0. The normalized spacial score (nSPS) is 10.7. The number of hydrogen-bond acceptors (Lipinski definition) is 3. The summed E-state index contributed by atoms with van der Waals surface area (Å²) >= 11 is 6.19. The average Bonchev–Trinajstić information content (AvgIpc) is 2.26. The van der Waals surface area contributed by atoms with Crippen LogP contribution in [0.2, 0.25) is 5.02 Å². The lowest BCUT2D eigenvalue weighted by atomic mass is 10.1. The van der Waals surface area contributed by atoms with Gasteiger partial charge >= 0.3 is 0 Å². The third-order valence-corrected chi connectivity index (χ3v) is 2.94. The molecule has 0 amide bonds. The summed E-state index contributed by atoms with van der Waals surface area (Å²) in [6.45, 7) is 5.44. The van der Waals surface area contributed by atoms with E-state index in [0.29, 0.717) is 16.3 Å². The van der Waals surface area contributed by atoms with Gasteiger partial charge in [-0.15, -0.1) is 0 Å². The van der Waals surface area contributed by atoms with Crippen molar-refractivity contribution in [3.8, 4) is 5.75 Å². The molecule has 1 aromatic heterocycles. The summed E-state index contributed by atoms with van der Waals surface area (Å²) in [4.78, 5) is 15.4. The molecule has 2 rings (SSSR count). The van der Waals surface area contributed by atoms with E-state index in [1.54, 1.807) is 12.1 Å². The predicted molar refractivity (Wildman–Crippen MR) is 72.4 cm³/mol. The van der Waals surface area contributed by atoms with E-state index in [9.17, 15) is 4.79 Å². The van der Waals surface area contributed by atoms with Crippen molar-refractivity contribution in [1.29, 1.82) is 0 Å². The summed E-state index contributed by atoms with van der Waals surface area (Å²) in [5.41, 5.74) is 2.66. The van der Waals surface area contributed by atoms with E-state index in [2.05, 4.69) is 4.98 Å². The summed E-state index contributed by atoms with van der Waals surface area (Å²) < 4.78 is 5.48. The van der Waals surface area contributed by atoms with Crippen LogP contribution in [0.1, 0.15) is 18.2 Å². The van der Waals surface area contributed by atoms with Crippen LogP contribution in [0.5, 0.6) is 5.75 Å². The van der Waals surface area contributed by atoms with Crippen LogP contribution >= 0.6 is 11.6 Å². The fraction of sp³-hybridized carbons (Fsp3) is 0.286. The SMILES string of the molecule is CC(=O)COc1ccc(Cl)c2c(C)cc(C)nc12. The first-order valence-electron chi connectivity index (χ1n) is 5.67. The number of hydrogen-bond donors (Lipinski definition) is 0. The summed E-state index contributed by atoms with van der Waals surface area (Å²) in [5.74, 6) is 0.568. The molecule has 0 aliphatic rings. The van der Waals surface area contributed by atoms with E-state index in [4.69, 9.17) is 16.3 Å². The molecule has 4 heteroatoms. The third kappa shape index (κ3) is 2.46. The predicted octanol–water partition coefficient (Wildman–Crippen LogP) is 3.47. The molecule has 3 nitrogen and oxygen atoms in total. The highest BCUT2D eigenvalue weighted by Crippen LogP contribution is 2.32. The van der Waals surface area contributed by atoms with Crippen molar-refractivity contribution >= 4 is 28.3 Å². The van der Waals surface area contributed by atoms with Gasteiger partial charge in [0.25, 0.3) is 0 Å². The van der Waals surface area contributed by atoms with Gasteiger partial charge in [-0.2, -0.15) is 0 Å². The Labute approximate surface area is 111 Å². The second kappa shape index (κ2) is 4.94. The highest BCUT2D eigenvalue weighted by molar-refractivity contribution is 6.35. The number of fused-ring (bicyclic) bond motifs is 1. The lowest BCUT2D eigenvalue weighted by Crippen LogP contribution is -2.07. The van der Waals surface area contributed by atoms with Crippen molar-refractivity contribution in [2.24, 2.45) is 0 Å². The van der Waals surface area contributed by atoms with Crippen LogP contribution in [0, 0.1) is 13.8 Å². The highest BCUT2D eigenvalue weighted by Gasteiger charge is 2.11. The Morgan fingerprint density at radius 1 is 1.39 bits per heavy atom. The van der Waals surface area contributed by atoms with Gasteiger partial charge in [-0.3, -0.25) is 4.79 Å². The molecular weight excluding hydrogens is 250 g/mol. The van der Waals surface area contributed by atoms with Gasteiger partial charge in [0.15, 0.2) is 5.78 Å². The molecule has 0 fully saturated rings. The first-order chi connectivity index (χ1) is 8.49. The quantitative estimate of drug-likeness (QED) is 0.851. The van der Waals surface area contributed by atoms with Crippen molar-refractivity contribution in [2.75, 3.05) is 6.61 Å². The molecule has 0 bridgehead atoms. The van der Waals surface area contributed by atoms with Gasteiger partial charge in [0.2, 0.25) is 0 Å². The Morgan fingerprint density at radius 2 is 2.11 bits per heavy atom. The first kappa shape index (κ1) is 12.8. The topological polar surface area (TPSA) is 39.2 Å². The lowest BCUT2D eigenvalue weighted by molar-refractivity contribution is -0.118. The molecule has 0 N–H and O–H groups in total. The Balaban J connectivity index is 2.61. The molecule has 0 saturated carbocycles. The van der Waals surface area contributed by atoms with Crippen molar-refractivity contribution in [2.45, 2.75) is 20.8 Å². The molecule has 0 radical (unpaired) electrons. The van der Waals surface area contributed by atoms with Gasteiger partial charge < -0.3 is 4.74 Å². The zero-order valence-corrected chi connectivity index (χ0v) is 11.3. The number of carbonyl (C=O) groups excluding carboxylic acids is 1. The highest BCUT2D eigenvalue weighted by atomic mass is 35.5. The van der Waals surface area contributed by atoms with Gasteiger partial charge in [0, 0.05) is 11.1 Å². The molecule has 0 unspecified atom stereocenters. The van der Waals surface area contributed by atoms with E-state index in [1.807, 2.05) is 19.9 Å². The lowest BCUT2D eigenvalue weighted by Gasteiger charge is -2.11. The van der Waals surface area contributed by atoms with Gasteiger partial charge in [0.05, 0.1) is 5.02 Å². The number of halogens is 1. The summed E-state index contributed by atoms with van der Waals surface area (Å²) in [7, 11) is 0. The fourth-order valence-corrected chi connectivity index (χ4v) is 2.23. The summed E-state index contributed by atoms with van der Waals surface area (Å²) in [6, 6.07) is 5.49. The number of ketones is 1. The van der Waals surface area contributed by atoms with Gasteiger partial charge in [0.1, 0.15) is 17.9 Å². The van der Waals surface area contributed by atoms with Crippen LogP contribution in [0.15, 0.2) is 18.2 Å². The minimum atomic E-state index is -0.0255. The van der Waals surface area contributed by atoms with Crippen LogP contribution in [0.3, 0.4) is 0 Å². The number of benzene rings is 1. The largest absolute Gasteiger partial charge is 0.484 e. The first-order valence-corrected chi connectivity index (χ1v) is 6.05. The smallest absolute Gasteiger partial charge is 0.167 e. The molecule has 18 heavy (non-hydrogen) atoms. The molecule has 0 aliphatic carbocycles. The monoisotopic (exact) mass is 263 g/mol. The zero-order valence-electron chi connectivity index (χ0n) is 10.6. The van der Waals surface area contributed by atoms with Gasteiger partial charge in [-0.25, -0.2) is 4.98 Å². The zero-order chi connectivity index (χ0) is 13.3. The number of nitrogens with zero attached hydrogens (tertiary/aromatic N) is 1. The number of rotatable bonds is 3. The van der Waals surface area contributed by atoms with Crippen molar-refractivity contribution in [3.05, 3.63) is 34.5 Å². The molecular formula is C14H14ClNO2. The van der Waals surface area contributed by atoms with E-state index in [0.717, 1.165) is 16.6 Å². The Kier molecular flexibility index (Phi) is 3.53. The Morgan fingerprint density at radius 3 is 2.78 bits per heavy atom. The molecule has 0 aliphatic heterocycles.